The Morgan fingerprint density at radius 2 is 1.79 bits per heavy atom. The zero-order chi connectivity index (χ0) is 18.8. The third kappa shape index (κ3) is 11.2. The number of amides is 2. The monoisotopic (exact) mass is 350 g/mol. The average molecular weight is 350 g/mol. The molecule has 0 aliphatic carbocycles. The molecule has 0 rings (SSSR count). The highest BCUT2D eigenvalue weighted by Gasteiger charge is 2.25. The van der Waals surface area contributed by atoms with Gasteiger partial charge < -0.3 is 35.1 Å². The Labute approximate surface area is 142 Å². The summed E-state index contributed by atoms with van der Waals surface area (Å²) in [7, 11) is 0. The predicted octanol–water partition coefficient (Wildman–Crippen LogP) is -0.0467. The molecule has 0 heterocycles. The first-order chi connectivity index (χ1) is 11.1. The minimum Gasteiger partial charge on any atom is -0.444 e. The van der Waals surface area contributed by atoms with E-state index in [0.29, 0.717) is 0 Å². The lowest BCUT2D eigenvalue weighted by molar-refractivity contribution is -0.150. The molecule has 0 aliphatic heterocycles. The van der Waals surface area contributed by atoms with Gasteiger partial charge in [0.15, 0.2) is 6.29 Å². The van der Waals surface area contributed by atoms with Crippen molar-refractivity contribution in [1.29, 1.82) is 0 Å². The van der Waals surface area contributed by atoms with E-state index in [1.807, 2.05) is 13.8 Å². The Balaban J connectivity index is 4.30. The van der Waals surface area contributed by atoms with Crippen molar-refractivity contribution in [2.45, 2.75) is 52.6 Å². The number of nitrogens with one attached hydrogen (secondary N) is 2. The van der Waals surface area contributed by atoms with E-state index in [4.69, 9.17) is 14.6 Å². The summed E-state index contributed by atoms with van der Waals surface area (Å²) in [5.41, 5.74) is -0.651. The number of aliphatic hydroxyl groups is 2. The first-order valence-electron chi connectivity index (χ1n) is 7.81. The molecule has 24 heavy (non-hydrogen) atoms. The van der Waals surface area contributed by atoms with Crippen molar-refractivity contribution in [3.63, 3.8) is 0 Å². The molecule has 2 amide bonds. The van der Waals surface area contributed by atoms with Gasteiger partial charge in [-0.15, -0.1) is 0 Å². The molecule has 142 valence electrons. The van der Waals surface area contributed by atoms with Crippen LogP contribution in [-0.2, 0) is 19.0 Å². The molecule has 2 atom stereocenters. The van der Waals surface area contributed by atoms with Crippen LogP contribution in [0.5, 0.6) is 0 Å². The van der Waals surface area contributed by atoms with Crippen LogP contribution in [0.3, 0.4) is 0 Å². The van der Waals surface area contributed by atoms with Gasteiger partial charge in [0, 0.05) is 0 Å². The highest BCUT2D eigenvalue weighted by atomic mass is 16.6. The quantitative estimate of drug-likeness (QED) is 0.321. The maximum absolute atomic E-state index is 11.9. The second-order valence-corrected chi connectivity index (χ2v) is 6.49. The van der Waals surface area contributed by atoms with Crippen molar-refractivity contribution in [1.82, 2.24) is 10.6 Å². The number of hydrogen-bond acceptors (Lipinski definition) is 7. The van der Waals surface area contributed by atoms with E-state index in [1.165, 1.54) is 0 Å². The third-order valence-electron chi connectivity index (χ3n) is 2.75. The first-order valence-corrected chi connectivity index (χ1v) is 7.81. The average Bonchev–Trinajstić information content (AvgIpc) is 2.44. The zero-order valence-electron chi connectivity index (χ0n) is 15.0. The zero-order valence-corrected chi connectivity index (χ0v) is 15.0. The van der Waals surface area contributed by atoms with E-state index in [2.05, 4.69) is 15.4 Å². The fraction of sp³-hybridized carbons (Fsp3) is 0.867. The summed E-state index contributed by atoms with van der Waals surface area (Å²) in [6.45, 7) is 8.25. The van der Waals surface area contributed by atoms with E-state index < -0.39 is 36.7 Å². The maximum Gasteiger partial charge on any atom is 0.408 e. The van der Waals surface area contributed by atoms with Crippen LogP contribution in [0.25, 0.3) is 0 Å². The van der Waals surface area contributed by atoms with Crippen molar-refractivity contribution < 1.29 is 34.0 Å². The SMILES string of the molecule is CC(C)[C@H](NC(=O)CNC(=O)OC(C)(C)C)C(O)OCCOCO. The van der Waals surface area contributed by atoms with Gasteiger partial charge >= 0.3 is 6.09 Å². The first kappa shape index (κ1) is 22.6. The molecule has 0 aliphatic rings. The molecular formula is C15H30N2O7. The molecule has 9 nitrogen and oxygen atoms in total. The molecular weight excluding hydrogens is 320 g/mol. The van der Waals surface area contributed by atoms with E-state index in [9.17, 15) is 14.7 Å². The van der Waals surface area contributed by atoms with Crippen LogP contribution in [0.15, 0.2) is 0 Å². The smallest absolute Gasteiger partial charge is 0.408 e. The number of aliphatic hydroxyl groups excluding tert-OH is 2. The van der Waals surface area contributed by atoms with E-state index in [1.54, 1.807) is 20.8 Å². The lowest BCUT2D eigenvalue weighted by Gasteiger charge is -2.27. The Morgan fingerprint density at radius 3 is 2.29 bits per heavy atom. The lowest BCUT2D eigenvalue weighted by Crippen LogP contribution is -2.51. The number of carbonyl (C=O) groups excluding carboxylic acids is 2. The van der Waals surface area contributed by atoms with Crippen molar-refractivity contribution in [2.24, 2.45) is 5.92 Å². The Hall–Kier alpha value is -1.42. The Kier molecular flexibility index (Phi) is 10.5. The van der Waals surface area contributed by atoms with Crippen molar-refractivity contribution in [3.05, 3.63) is 0 Å². The topological polar surface area (TPSA) is 126 Å². The normalized spacial score (nSPS) is 14.2. The molecule has 9 heteroatoms. The number of alkyl carbamates (subject to hydrolysis) is 1. The molecule has 0 bridgehead atoms. The maximum atomic E-state index is 11.9. The molecule has 0 saturated carbocycles. The van der Waals surface area contributed by atoms with Crippen LogP contribution in [0.1, 0.15) is 34.6 Å². The van der Waals surface area contributed by atoms with Crippen molar-refractivity contribution in [3.8, 4) is 0 Å². The number of hydrogen-bond donors (Lipinski definition) is 4. The molecule has 0 fully saturated rings. The van der Waals surface area contributed by atoms with Gasteiger partial charge in [-0.2, -0.15) is 0 Å². The summed E-state index contributed by atoms with van der Waals surface area (Å²) in [5.74, 6) is -0.585. The fourth-order valence-corrected chi connectivity index (χ4v) is 1.67. The van der Waals surface area contributed by atoms with Gasteiger partial charge in [0.25, 0.3) is 0 Å². The molecule has 0 spiro atoms. The van der Waals surface area contributed by atoms with Gasteiger partial charge in [-0.05, 0) is 26.7 Å². The van der Waals surface area contributed by atoms with E-state index in [-0.39, 0.29) is 25.7 Å². The second kappa shape index (κ2) is 11.2. The summed E-state index contributed by atoms with van der Waals surface area (Å²) in [6, 6.07) is -0.660. The molecule has 4 N–H and O–H groups in total. The van der Waals surface area contributed by atoms with Crippen molar-refractivity contribution in [2.75, 3.05) is 26.6 Å². The fourth-order valence-electron chi connectivity index (χ4n) is 1.67. The van der Waals surface area contributed by atoms with Crippen LogP contribution in [0.4, 0.5) is 4.79 Å². The molecule has 0 saturated heterocycles. The van der Waals surface area contributed by atoms with Crippen LogP contribution >= 0.6 is 0 Å². The molecule has 1 unspecified atom stereocenters. The van der Waals surface area contributed by atoms with Gasteiger partial charge in [-0.3, -0.25) is 4.79 Å². The second-order valence-electron chi connectivity index (χ2n) is 6.49. The summed E-state index contributed by atoms with van der Waals surface area (Å²) in [6.07, 6.45) is -1.94. The predicted molar refractivity (Wildman–Crippen MR) is 86.0 cm³/mol. The molecule has 0 aromatic heterocycles. The third-order valence-corrected chi connectivity index (χ3v) is 2.75. The standard InChI is InChI=1S/C15H30N2O7/c1-10(2)12(13(20)23-7-6-22-9-18)17-11(19)8-16-14(21)24-15(3,4)5/h10,12-13,18,20H,6-9H2,1-5H3,(H,16,21)(H,17,19)/t12-,13?/m0/s1. The van der Waals surface area contributed by atoms with Gasteiger partial charge in [-0.25, -0.2) is 4.79 Å². The highest BCUT2D eigenvalue weighted by Crippen LogP contribution is 2.08. The van der Waals surface area contributed by atoms with Gasteiger partial charge in [0.1, 0.15) is 18.9 Å². The molecule has 0 aromatic carbocycles. The highest BCUT2D eigenvalue weighted by molar-refractivity contribution is 5.82. The van der Waals surface area contributed by atoms with Gasteiger partial charge in [-0.1, -0.05) is 13.8 Å². The summed E-state index contributed by atoms with van der Waals surface area (Å²) in [5, 5.41) is 23.4. The van der Waals surface area contributed by atoms with E-state index >= 15 is 0 Å². The lowest BCUT2D eigenvalue weighted by atomic mass is 10.0. The van der Waals surface area contributed by atoms with Crippen LogP contribution < -0.4 is 10.6 Å². The summed E-state index contributed by atoms with van der Waals surface area (Å²) < 4.78 is 14.9. The summed E-state index contributed by atoms with van der Waals surface area (Å²) >= 11 is 0. The minimum atomic E-state index is -1.24. The van der Waals surface area contributed by atoms with Crippen LogP contribution in [0.2, 0.25) is 0 Å². The largest absolute Gasteiger partial charge is 0.444 e. The number of rotatable bonds is 10. The molecule has 0 radical (unpaired) electrons. The van der Waals surface area contributed by atoms with Crippen LogP contribution in [0, 0.1) is 5.92 Å². The Morgan fingerprint density at radius 1 is 1.17 bits per heavy atom. The molecule has 0 aromatic rings. The van der Waals surface area contributed by atoms with E-state index in [0.717, 1.165) is 0 Å². The summed E-state index contributed by atoms with van der Waals surface area (Å²) in [4.78, 5) is 23.4. The van der Waals surface area contributed by atoms with Gasteiger partial charge in [0.2, 0.25) is 5.91 Å². The minimum absolute atomic E-state index is 0.0664. The number of carbonyl (C=O) groups is 2. The van der Waals surface area contributed by atoms with Crippen LogP contribution in [-0.4, -0.2) is 66.7 Å². The van der Waals surface area contributed by atoms with Gasteiger partial charge in [0.05, 0.1) is 19.3 Å². The van der Waals surface area contributed by atoms with Crippen molar-refractivity contribution >= 4 is 12.0 Å². The Bertz CT molecular complexity index is 383. The number of ether oxygens (including phenoxy) is 3.